The van der Waals surface area contributed by atoms with Crippen LogP contribution in [0.1, 0.15) is 107 Å². The van der Waals surface area contributed by atoms with E-state index in [2.05, 4.69) is 13.8 Å². The molecular formula is C35H44F2O3. The zero-order chi connectivity index (χ0) is 28.6. The lowest BCUT2D eigenvalue weighted by Gasteiger charge is -2.10. The molecule has 0 aliphatic heterocycles. The van der Waals surface area contributed by atoms with E-state index in [0.29, 0.717) is 12.0 Å². The number of rotatable bonds is 18. The second-order valence-electron chi connectivity index (χ2n) is 10.5. The molecule has 0 N–H and O–H groups in total. The van der Waals surface area contributed by atoms with Gasteiger partial charge in [-0.1, -0.05) is 108 Å². The van der Waals surface area contributed by atoms with Crippen LogP contribution in [-0.4, -0.2) is 12.6 Å². The summed E-state index contributed by atoms with van der Waals surface area (Å²) in [5.41, 5.74) is 2.49. The Morgan fingerprint density at radius 3 is 1.80 bits per heavy atom. The molecule has 3 aromatic rings. The average Bonchev–Trinajstić information content (AvgIpc) is 2.98. The van der Waals surface area contributed by atoms with Crippen LogP contribution >= 0.6 is 0 Å². The SMILES string of the molecule is CCCCCCCCCOc1ccc(-c2ccc(C(=O)Oc3ccc(CCCCCCC)c(F)c3F)cc2)cc1. The second-order valence-corrected chi connectivity index (χ2v) is 10.5. The summed E-state index contributed by atoms with van der Waals surface area (Å²) in [7, 11) is 0. The molecule has 3 rings (SSSR count). The van der Waals surface area contributed by atoms with E-state index in [9.17, 15) is 13.6 Å². The maximum Gasteiger partial charge on any atom is 0.343 e. The number of halogens is 2. The van der Waals surface area contributed by atoms with Gasteiger partial charge in [0.05, 0.1) is 12.2 Å². The lowest BCUT2D eigenvalue weighted by Crippen LogP contribution is -2.10. The molecular weight excluding hydrogens is 506 g/mol. The summed E-state index contributed by atoms with van der Waals surface area (Å²) in [6.45, 7) is 5.09. The van der Waals surface area contributed by atoms with Crippen LogP contribution in [0.4, 0.5) is 8.78 Å². The fourth-order valence-corrected chi connectivity index (χ4v) is 4.71. The van der Waals surface area contributed by atoms with E-state index in [1.165, 1.54) is 50.7 Å². The third-order valence-electron chi connectivity index (χ3n) is 7.20. The number of ether oxygens (including phenoxy) is 2. The standard InChI is InChI=1S/C35H44F2O3/c1-3-5-7-9-10-12-14-26-39-31-23-20-28(21-24-31)27-16-18-30(19-17-27)35(38)40-32-25-22-29(33(36)34(32)37)15-13-11-8-6-4-2/h16-25H,3-15,26H2,1-2H3. The third-order valence-corrected chi connectivity index (χ3v) is 7.20. The molecule has 0 unspecified atom stereocenters. The van der Waals surface area contributed by atoms with Crippen LogP contribution in [0.2, 0.25) is 0 Å². The molecule has 3 aromatic carbocycles. The largest absolute Gasteiger partial charge is 0.494 e. The van der Waals surface area contributed by atoms with Crippen molar-refractivity contribution in [1.29, 1.82) is 0 Å². The summed E-state index contributed by atoms with van der Waals surface area (Å²) < 4.78 is 40.2. The van der Waals surface area contributed by atoms with Gasteiger partial charge in [-0.05, 0) is 66.3 Å². The molecule has 0 radical (unpaired) electrons. The van der Waals surface area contributed by atoms with E-state index in [1.807, 2.05) is 36.4 Å². The summed E-state index contributed by atoms with van der Waals surface area (Å²) in [4.78, 5) is 12.6. The first kappa shape index (κ1) is 31.3. The van der Waals surface area contributed by atoms with Gasteiger partial charge in [-0.15, -0.1) is 0 Å². The van der Waals surface area contributed by atoms with E-state index in [4.69, 9.17) is 9.47 Å². The molecule has 0 aromatic heterocycles. The predicted octanol–water partition coefficient (Wildman–Crippen LogP) is 10.5. The second kappa shape index (κ2) is 17.5. The number of carbonyl (C=O) groups excluding carboxylic acids is 1. The van der Waals surface area contributed by atoms with Crippen molar-refractivity contribution >= 4 is 5.97 Å². The van der Waals surface area contributed by atoms with Crippen molar-refractivity contribution in [1.82, 2.24) is 0 Å². The van der Waals surface area contributed by atoms with Crippen molar-refractivity contribution < 1.29 is 23.0 Å². The topological polar surface area (TPSA) is 35.5 Å². The van der Waals surface area contributed by atoms with Gasteiger partial charge in [0.15, 0.2) is 11.6 Å². The smallest absolute Gasteiger partial charge is 0.343 e. The van der Waals surface area contributed by atoms with E-state index in [0.717, 1.165) is 62.0 Å². The molecule has 0 saturated carbocycles. The molecule has 0 atom stereocenters. The van der Waals surface area contributed by atoms with E-state index < -0.39 is 23.4 Å². The molecule has 0 spiro atoms. The summed E-state index contributed by atoms with van der Waals surface area (Å²) in [6.07, 6.45) is 14.4. The van der Waals surface area contributed by atoms with E-state index in [-0.39, 0.29) is 5.56 Å². The number of benzene rings is 3. The van der Waals surface area contributed by atoms with Crippen molar-refractivity contribution in [2.45, 2.75) is 97.3 Å². The van der Waals surface area contributed by atoms with Crippen LogP contribution in [0.3, 0.4) is 0 Å². The molecule has 0 aliphatic carbocycles. The highest BCUT2D eigenvalue weighted by Crippen LogP contribution is 2.27. The van der Waals surface area contributed by atoms with Gasteiger partial charge in [0.1, 0.15) is 5.75 Å². The average molecular weight is 551 g/mol. The van der Waals surface area contributed by atoms with Gasteiger partial charge in [0, 0.05) is 0 Å². The fourth-order valence-electron chi connectivity index (χ4n) is 4.71. The van der Waals surface area contributed by atoms with Crippen molar-refractivity contribution in [2.24, 2.45) is 0 Å². The Morgan fingerprint density at radius 1 is 0.625 bits per heavy atom. The van der Waals surface area contributed by atoms with Gasteiger partial charge in [-0.25, -0.2) is 9.18 Å². The zero-order valence-corrected chi connectivity index (χ0v) is 24.2. The van der Waals surface area contributed by atoms with Gasteiger partial charge in [0.2, 0.25) is 5.82 Å². The lowest BCUT2D eigenvalue weighted by atomic mass is 10.0. The number of unbranched alkanes of at least 4 members (excludes halogenated alkanes) is 10. The maximum atomic E-state index is 14.6. The summed E-state index contributed by atoms with van der Waals surface area (Å²) in [6, 6.07) is 17.6. The van der Waals surface area contributed by atoms with Crippen LogP contribution < -0.4 is 9.47 Å². The normalized spacial score (nSPS) is 11.0. The van der Waals surface area contributed by atoms with Gasteiger partial charge >= 0.3 is 5.97 Å². The van der Waals surface area contributed by atoms with E-state index >= 15 is 0 Å². The van der Waals surface area contributed by atoms with Crippen molar-refractivity contribution in [3.05, 3.63) is 83.4 Å². The summed E-state index contributed by atoms with van der Waals surface area (Å²) in [5, 5.41) is 0. The predicted molar refractivity (Wildman–Crippen MR) is 159 cm³/mol. The molecule has 0 bridgehead atoms. The van der Waals surface area contributed by atoms with Crippen molar-refractivity contribution in [3.8, 4) is 22.6 Å². The molecule has 3 nitrogen and oxygen atoms in total. The Bertz CT molecular complexity index is 1160. The molecule has 0 fully saturated rings. The Morgan fingerprint density at radius 2 is 1.18 bits per heavy atom. The fraction of sp³-hybridized carbons (Fsp3) is 0.457. The highest BCUT2D eigenvalue weighted by Gasteiger charge is 2.18. The molecule has 0 heterocycles. The molecule has 5 heteroatoms. The minimum absolute atomic E-state index is 0.262. The van der Waals surface area contributed by atoms with Crippen molar-refractivity contribution in [2.75, 3.05) is 6.61 Å². The summed E-state index contributed by atoms with van der Waals surface area (Å²) >= 11 is 0. The Hall–Kier alpha value is -3.21. The Labute approximate surface area is 238 Å². The van der Waals surface area contributed by atoms with Crippen LogP contribution in [0, 0.1) is 11.6 Å². The quantitative estimate of drug-likeness (QED) is 0.0898. The van der Waals surface area contributed by atoms with Crippen LogP contribution in [-0.2, 0) is 6.42 Å². The van der Waals surface area contributed by atoms with Crippen LogP contribution in [0.15, 0.2) is 60.7 Å². The Balaban J connectivity index is 1.48. The Kier molecular flexibility index (Phi) is 13.7. The highest BCUT2D eigenvalue weighted by atomic mass is 19.2. The molecule has 0 saturated heterocycles. The zero-order valence-electron chi connectivity index (χ0n) is 24.2. The number of hydrogen-bond donors (Lipinski definition) is 0. The number of esters is 1. The molecule has 0 amide bonds. The minimum Gasteiger partial charge on any atom is -0.494 e. The van der Waals surface area contributed by atoms with Crippen LogP contribution in [0.5, 0.6) is 11.5 Å². The highest BCUT2D eigenvalue weighted by molar-refractivity contribution is 5.91. The first-order chi connectivity index (χ1) is 19.5. The van der Waals surface area contributed by atoms with Gasteiger partial charge < -0.3 is 9.47 Å². The molecule has 0 aliphatic rings. The number of carbonyl (C=O) groups is 1. The van der Waals surface area contributed by atoms with Gasteiger partial charge in [-0.2, -0.15) is 4.39 Å². The van der Waals surface area contributed by atoms with E-state index in [1.54, 1.807) is 12.1 Å². The maximum absolute atomic E-state index is 14.6. The monoisotopic (exact) mass is 550 g/mol. The van der Waals surface area contributed by atoms with Gasteiger partial charge in [0.25, 0.3) is 0 Å². The lowest BCUT2D eigenvalue weighted by molar-refractivity contribution is 0.0726. The van der Waals surface area contributed by atoms with Gasteiger partial charge in [-0.3, -0.25) is 0 Å². The van der Waals surface area contributed by atoms with Crippen LogP contribution in [0.25, 0.3) is 11.1 Å². The minimum atomic E-state index is -1.12. The summed E-state index contributed by atoms with van der Waals surface area (Å²) in [5.74, 6) is -2.34. The molecule has 40 heavy (non-hydrogen) atoms. The number of aryl methyl sites for hydroxylation is 1. The first-order valence-corrected chi connectivity index (χ1v) is 15.1. The van der Waals surface area contributed by atoms with Crippen molar-refractivity contribution in [3.63, 3.8) is 0 Å². The molecule has 216 valence electrons. The third kappa shape index (κ3) is 10.1. The first-order valence-electron chi connectivity index (χ1n) is 15.1. The number of hydrogen-bond acceptors (Lipinski definition) is 3.